The molecular formula is C15H25N3O. The van der Waals surface area contributed by atoms with Gasteiger partial charge in [0.15, 0.2) is 0 Å². The number of rotatable bonds is 6. The first-order valence-corrected chi connectivity index (χ1v) is 7.14. The van der Waals surface area contributed by atoms with Crippen LogP contribution in [0.3, 0.4) is 0 Å². The van der Waals surface area contributed by atoms with E-state index in [0.717, 1.165) is 25.1 Å². The standard InChI is InChI=1S/C15H25N3O/c1-17-9-11-18(12-10-17)8-4-7-16-13-14-5-2-3-6-15(14)19/h2-3,5-6,16,19H,4,7-13H2,1H3. The molecule has 19 heavy (non-hydrogen) atoms. The van der Waals surface area contributed by atoms with E-state index in [1.807, 2.05) is 18.2 Å². The van der Waals surface area contributed by atoms with Crippen molar-refractivity contribution in [3.8, 4) is 5.75 Å². The fourth-order valence-electron chi connectivity index (χ4n) is 2.38. The Morgan fingerprint density at radius 1 is 1.16 bits per heavy atom. The largest absolute Gasteiger partial charge is 0.508 e. The number of phenols is 1. The second-order valence-electron chi connectivity index (χ2n) is 5.30. The van der Waals surface area contributed by atoms with Gasteiger partial charge in [-0.05, 0) is 32.6 Å². The van der Waals surface area contributed by atoms with E-state index in [-0.39, 0.29) is 0 Å². The number of nitrogens with zero attached hydrogens (tertiary/aromatic N) is 2. The summed E-state index contributed by atoms with van der Waals surface area (Å²) in [7, 11) is 2.19. The summed E-state index contributed by atoms with van der Waals surface area (Å²) in [5.74, 6) is 0.383. The van der Waals surface area contributed by atoms with Crippen LogP contribution in [-0.4, -0.2) is 61.2 Å². The fourth-order valence-corrected chi connectivity index (χ4v) is 2.38. The van der Waals surface area contributed by atoms with Crippen LogP contribution in [0.15, 0.2) is 24.3 Å². The molecule has 1 aromatic rings. The SMILES string of the molecule is CN1CCN(CCCNCc2ccccc2O)CC1. The third-order valence-electron chi connectivity index (χ3n) is 3.73. The Morgan fingerprint density at radius 3 is 2.63 bits per heavy atom. The lowest BCUT2D eigenvalue weighted by molar-refractivity contribution is 0.152. The van der Waals surface area contributed by atoms with Crippen LogP contribution in [0.2, 0.25) is 0 Å². The van der Waals surface area contributed by atoms with E-state index >= 15 is 0 Å². The topological polar surface area (TPSA) is 38.7 Å². The smallest absolute Gasteiger partial charge is 0.120 e. The van der Waals surface area contributed by atoms with Crippen LogP contribution in [0.25, 0.3) is 0 Å². The van der Waals surface area contributed by atoms with E-state index in [2.05, 4.69) is 22.2 Å². The summed E-state index contributed by atoms with van der Waals surface area (Å²) in [6.07, 6.45) is 1.16. The molecule has 0 atom stereocenters. The van der Waals surface area contributed by atoms with Crippen molar-refractivity contribution in [2.24, 2.45) is 0 Å². The van der Waals surface area contributed by atoms with Gasteiger partial charge < -0.3 is 20.2 Å². The van der Waals surface area contributed by atoms with Gasteiger partial charge in [0.1, 0.15) is 5.75 Å². The molecule has 0 saturated carbocycles. The van der Waals surface area contributed by atoms with E-state index in [9.17, 15) is 5.11 Å². The van der Waals surface area contributed by atoms with Gasteiger partial charge in [0.25, 0.3) is 0 Å². The zero-order chi connectivity index (χ0) is 13.5. The van der Waals surface area contributed by atoms with Crippen molar-refractivity contribution < 1.29 is 5.11 Å². The lowest BCUT2D eigenvalue weighted by atomic mass is 10.2. The second-order valence-corrected chi connectivity index (χ2v) is 5.30. The molecule has 0 spiro atoms. The number of piperazine rings is 1. The van der Waals surface area contributed by atoms with Gasteiger partial charge in [-0.3, -0.25) is 0 Å². The molecule has 1 aliphatic rings. The van der Waals surface area contributed by atoms with Crippen LogP contribution in [0, 0.1) is 0 Å². The molecule has 1 heterocycles. The first kappa shape index (κ1) is 14.3. The summed E-state index contributed by atoms with van der Waals surface area (Å²) in [6.45, 7) is 7.67. The van der Waals surface area contributed by atoms with Gasteiger partial charge in [-0.2, -0.15) is 0 Å². The predicted molar refractivity (Wildman–Crippen MR) is 78.4 cm³/mol. The van der Waals surface area contributed by atoms with Gasteiger partial charge >= 0.3 is 0 Å². The summed E-state index contributed by atoms with van der Waals surface area (Å²) in [6, 6.07) is 7.51. The molecular weight excluding hydrogens is 238 g/mol. The highest BCUT2D eigenvalue weighted by molar-refractivity contribution is 5.31. The Labute approximate surface area is 116 Å². The Balaban J connectivity index is 1.56. The van der Waals surface area contributed by atoms with Gasteiger partial charge in [-0.15, -0.1) is 0 Å². The molecule has 4 heteroatoms. The third-order valence-corrected chi connectivity index (χ3v) is 3.73. The van der Waals surface area contributed by atoms with Gasteiger partial charge in [0.2, 0.25) is 0 Å². The van der Waals surface area contributed by atoms with E-state index in [1.54, 1.807) is 6.07 Å². The molecule has 0 unspecified atom stereocenters. The molecule has 106 valence electrons. The lowest BCUT2D eigenvalue weighted by Gasteiger charge is -2.32. The fraction of sp³-hybridized carbons (Fsp3) is 0.600. The maximum Gasteiger partial charge on any atom is 0.120 e. The highest BCUT2D eigenvalue weighted by Gasteiger charge is 2.12. The number of likely N-dealkylation sites (N-methyl/N-ethyl adjacent to an activating group) is 1. The van der Waals surface area contributed by atoms with Gasteiger partial charge in [0, 0.05) is 38.3 Å². The number of hydrogen-bond acceptors (Lipinski definition) is 4. The van der Waals surface area contributed by atoms with Crippen molar-refractivity contribution in [3.63, 3.8) is 0 Å². The number of benzene rings is 1. The summed E-state index contributed by atoms with van der Waals surface area (Å²) in [5.41, 5.74) is 0.974. The molecule has 0 radical (unpaired) electrons. The normalized spacial score (nSPS) is 17.7. The summed E-state index contributed by atoms with van der Waals surface area (Å²) in [4.78, 5) is 4.91. The molecule has 1 aliphatic heterocycles. The van der Waals surface area contributed by atoms with Crippen LogP contribution in [-0.2, 0) is 6.54 Å². The molecule has 1 saturated heterocycles. The van der Waals surface area contributed by atoms with Crippen LogP contribution >= 0.6 is 0 Å². The quantitative estimate of drug-likeness (QED) is 0.755. The van der Waals surface area contributed by atoms with Crippen molar-refractivity contribution >= 4 is 0 Å². The van der Waals surface area contributed by atoms with Gasteiger partial charge in [-0.25, -0.2) is 0 Å². The minimum Gasteiger partial charge on any atom is -0.508 e. The molecule has 4 nitrogen and oxygen atoms in total. The lowest BCUT2D eigenvalue weighted by Crippen LogP contribution is -2.45. The Kier molecular flexibility index (Phi) is 5.63. The molecule has 1 fully saturated rings. The third kappa shape index (κ3) is 4.82. The molecule has 2 rings (SSSR count). The van der Waals surface area contributed by atoms with E-state index < -0.39 is 0 Å². The minimum atomic E-state index is 0.383. The molecule has 0 amide bonds. The van der Waals surface area contributed by atoms with E-state index in [0.29, 0.717) is 5.75 Å². The second kappa shape index (κ2) is 7.48. The average Bonchev–Trinajstić information content (AvgIpc) is 2.42. The first-order valence-electron chi connectivity index (χ1n) is 7.14. The van der Waals surface area contributed by atoms with Crippen LogP contribution in [0.5, 0.6) is 5.75 Å². The van der Waals surface area contributed by atoms with Gasteiger partial charge in [-0.1, -0.05) is 18.2 Å². The molecule has 0 aliphatic carbocycles. The van der Waals surface area contributed by atoms with Crippen molar-refractivity contribution in [1.29, 1.82) is 0 Å². The first-order chi connectivity index (χ1) is 9.25. The highest BCUT2D eigenvalue weighted by atomic mass is 16.3. The number of aromatic hydroxyl groups is 1. The average molecular weight is 263 g/mol. The van der Waals surface area contributed by atoms with Gasteiger partial charge in [0.05, 0.1) is 0 Å². The number of para-hydroxylation sites is 1. The van der Waals surface area contributed by atoms with Crippen molar-refractivity contribution in [2.45, 2.75) is 13.0 Å². The van der Waals surface area contributed by atoms with Crippen LogP contribution in [0.1, 0.15) is 12.0 Å². The molecule has 1 aromatic carbocycles. The maximum atomic E-state index is 9.64. The van der Waals surface area contributed by atoms with E-state index in [4.69, 9.17) is 0 Å². The maximum absolute atomic E-state index is 9.64. The zero-order valence-corrected chi connectivity index (χ0v) is 11.8. The van der Waals surface area contributed by atoms with E-state index in [1.165, 1.54) is 32.7 Å². The number of nitrogens with one attached hydrogen (secondary N) is 1. The van der Waals surface area contributed by atoms with Crippen molar-refractivity contribution in [1.82, 2.24) is 15.1 Å². The number of hydrogen-bond donors (Lipinski definition) is 2. The monoisotopic (exact) mass is 263 g/mol. The summed E-state index contributed by atoms with van der Waals surface area (Å²) >= 11 is 0. The summed E-state index contributed by atoms with van der Waals surface area (Å²) < 4.78 is 0. The Morgan fingerprint density at radius 2 is 1.89 bits per heavy atom. The Bertz CT molecular complexity index is 375. The zero-order valence-electron chi connectivity index (χ0n) is 11.8. The van der Waals surface area contributed by atoms with Crippen molar-refractivity contribution in [3.05, 3.63) is 29.8 Å². The molecule has 2 N–H and O–H groups in total. The summed E-state index contributed by atoms with van der Waals surface area (Å²) in [5, 5.41) is 13.0. The predicted octanol–water partition coefficient (Wildman–Crippen LogP) is 1.12. The molecule has 0 aromatic heterocycles. The van der Waals surface area contributed by atoms with Crippen LogP contribution in [0.4, 0.5) is 0 Å². The Hall–Kier alpha value is -1.10. The highest BCUT2D eigenvalue weighted by Crippen LogP contribution is 2.14. The number of phenolic OH excluding ortho intramolecular Hbond substituents is 1. The van der Waals surface area contributed by atoms with Crippen molar-refractivity contribution in [2.75, 3.05) is 46.3 Å². The minimum absolute atomic E-state index is 0.383. The molecule has 0 bridgehead atoms. The van der Waals surface area contributed by atoms with Crippen LogP contribution < -0.4 is 5.32 Å².